The Hall–Kier alpha value is -3.63. The van der Waals surface area contributed by atoms with Crippen LogP contribution in [0.25, 0.3) is 0 Å². The van der Waals surface area contributed by atoms with E-state index in [0.717, 1.165) is 37.7 Å². The van der Waals surface area contributed by atoms with Gasteiger partial charge >= 0.3 is 0 Å². The van der Waals surface area contributed by atoms with Crippen LogP contribution in [0.5, 0.6) is 0 Å². The zero-order valence-corrected chi connectivity index (χ0v) is 31.5. The van der Waals surface area contributed by atoms with Gasteiger partial charge in [-0.15, -0.1) is 0 Å². The molecule has 1 aromatic heterocycles. The predicted molar refractivity (Wildman–Crippen MR) is 196 cm³/mol. The van der Waals surface area contributed by atoms with Gasteiger partial charge in [-0.2, -0.15) is 0 Å². The summed E-state index contributed by atoms with van der Waals surface area (Å²) in [5.74, 6) is -1.17. The summed E-state index contributed by atoms with van der Waals surface area (Å²) in [4.78, 5) is 62.4. The summed E-state index contributed by atoms with van der Waals surface area (Å²) in [6.07, 6.45) is 7.01. The van der Waals surface area contributed by atoms with E-state index in [1.165, 1.54) is 0 Å². The van der Waals surface area contributed by atoms with Crippen LogP contribution in [0.15, 0.2) is 48.8 Å². The quantitative estimate of drug-likeness (QED) is 0.132. The van der Waals surface area contributed by atoms with E-state index in [4.69, 9.17) is 15.2 Å². The molecule has 3 rings (SSSR count). The summed E-state index contributed by atoms with van der Waals surface area (Å²) >= 11 is 0. The van der Waals surface area contributed by atoms with Gasteiger partial charge in [0.05, 0.1) is 30.7 Å². The van der Waals surface area contributed by atoms with E-state index in [-0.39, 0.29) is 60.0 Å². The normalized spacial score (nSPS) is 18.3. The Balaban J connectivity index is 1.72. The number of aryl methyl sites for hydroxylation is 1. The van der Waals surface area contributed by atoms with Crippen molar-refractivity contribution in [3.05, 3.63) is 59.9 Å². The van der Waals surface area contributed by atoms with E-state index >= 15 is 0 Å². The van der Waals surface area contributed by atoms with Crippen molar-refractivity contribution in [2.75, 3.05) is 33.5 Å². The first-order valence-corrected chi connectivity index (χ1v) is 18.3. The second kappa shape index (κ2) is 19.7. The Morgan fingerprint density at radius 2 is 1.64 bits per heavy atom. The number of likely N-dealkylation sites (N-methyl/N-ethyl adjacent to an activating group) is 1. The van der Waals surface area contributed by atoms with Crippen molar-refractivity contribution >= 4 is 29.1 Å². The zero-order valence-electron chi connectivity index (χ0n) is 31.5. The number of nitrogen functional groups attached to an aromatic ring is 1. The Morgan fingerprint density at radius 3 is 2.22 bits per heavy atom. The number of hydrogen-bond donors (Lipinski definition) is 1. The highest BCUT2D eigenvalue weighted by atomic mass is 16.5. The number of amides is 2. The molecular formula is C40H60N4O6. The van der Waals surface area contributed by atoms with Crippen LogP contribution in [-0.4, -0.2) is 90.3 Å². The summed E-state index contributed by atoms with van der Waals surface area (Å²) in [5.41, 5.74) is 8.06. The van der Waals surface area contributed by atoms with Crippen LogP contribution < -0.4 is 5.73 Å². The van der Waals surface area contributed by atoms with Crippen LogP contribution in [0.4, 0.5) is 5.69 Å². The van der Waals surface area contributed by atoms with Gasteiger partial charge in [-0.05, 0) is 79.5 Å². The standard InChI is InChI=1S/C40H60N4O6/c1-9-27(4)38(43(6)40(48)32(26(2)3)24-35(46)30-15-17-31(41)18-16-30)36(49-7)25-37(47)44-23-11-13-33(44)39(50-8)28(5)34(45)14-10-12-29-19-21-42-22-20-29/h15-22,26-28,32-33,36,38-39H,9-14,23-25,41H2,1-8H3/t27-,28-,32-,33-,36+,38-,39+/m0/s1. The van der Waals surface area contributed by atoms with E-state index in [9.17, 15) is 19.2 Å². The van der Waals surface area contributed by atoms with Gasteiger partial charge in [0.2, 0.25) is 11.8 Å². The monoisotopic (exact) mass is 692 g/mol. The molecule has 10 nitrogen and oxygen atoms in total. The van der Waals surface area contributed by atoms with Gasteiger partial charge in [-0.3, -0.25) is 24.2 Å². The fourth-order valence-electron chi connectivity index (χ4n) is 7.44. The molecule has 1 aliphatic heterocycles. The van der Waals surface area contributed by atoms with Crippen LogP contribution in [0.2, 0.25) is 0 Å². The van der Waals surface area contributed by atoms with Gasteiger partial charge in [0.25, 0.3) is 0 Å². The topological polar surface area (TPSA) is 132 Å². The van der Waals surface area contributed by atoms with Crippen molar-refractivity contribution in [1.82, 2.24) is 14.8 Å². The Morgan fingerprint density at radius 1 is 0.980 bits per heavy atom. The fraction of sp³-hybridized carbons (Fsp3) is 0.625. The molecule has 0 spiro atoms. The fourth-order valence-corrected chi connectivity index (χ4v) is 7.44. The van der Waals surface area contributed by atoms with Gasteiger partial charge in [-0.25, -0.2) is 0 Å². The minimum atomic E-state index is -0.568. The van der Waals surface area contributed by atoms with E-state index < -0.39 is 24.2 Å². The number of likely N-dealkylation sites (tertiary alicyclic amines) is 1. The molecule has 0 aliphatic carbocycles. The van der Waals surface area contributed by atoms with Crippen molar-refractivity contribution in [3.8, 4) is 0 Å². The Labute approximate surface area is 299 Å². The van der Waals surface area contributed by atoms with E-state index in [2.05, 4.69) is 18.8 Å². The number of rotatable bonds is 20. The molecule has 1 saturated heterocycles. The first-order valence-electron chi connectivity index (χ1n) is 18.3. The summed E-state index contributed by atoms with van der Waals surface area (Å²) in [5, 5.41) is 0. The lowest BCUT2D eigenvalue weighted by atomic mass is 9.85. The average Bonchev–Trinajstić information content (AvgIpc) is 3.60. The number of Topliss-reactive ketones (excluding diaryl/α,β-unsaturated/α-hetero) is 2. The van der Waals surface area contributed by atoms with Crippen LogP contribution >= 0.6 is 0 Å². The van der Waals surface area contributed by atoms with Crippen LogP contribution in [0.1, 0.15) is 95.5 Å². The molecule has 2 aromatic rings. The smallest absolute Gasteiger partial charge is 0.226 e. The third-order valence-corrected chi connectivity index (χ3v) is 10.8. The molecule has 1 aliphatic rings. The zero-order chi connectivity index (χ0) is 37.0. The molecule has 50 heavy (non-hydrogen) atoms. The molecule has 2 N–H and O–H groups in total. The molecule has 10 heteroatoms. The third-order valence-electron chi connectivity index (χ3n) is 10.8. The van der Waals surface area contributed by atoms with Gasteiger partial charge in [-0.1, -0.05) is 41.0 Å². The van der Waals surface area contributed by atoms with Crippen LogP contribution in [0.3, 0.4) is 0 Å². The van der Waals surface area contributed by atoms with Crippen molar-refractivity contribution in [2.24, 2.45) is 23.7 Å². The Bertz CT molecular complexity index is 1380. The second-order valence-electron chi connectivity index (χ2n) is 14.4. The molecule has 0 saturated carbocycles. The SMILES string of the molecule is CC[C@H](C)[C@@H]([C@@H](CC(=O)N1CCC[C@H]1[C@H](OC)[C@@H](C)C(=O)CCCc1ccncc1)OC)N(C)C(=O)[C@@H](CC(=O)c1ccc(N)cc1)C(C)C. The molecule has 276 valence electrons. The molecule has 1 aromatic carbocycles. The van der Waals surface area contributed by atoms with Crippen molar-refractivity contribution in [3.63, 3.8) is 0 Å². The lowest BCUT2D eigenvalue weighted by Crippen LogP contribution is -2.54. The van der Waals surface area contributed by atoms with Gasteiger partial charge in [0, 0.05) is 76.1 Å². The summed E-state index contributed by atoms with van der Waals surface area (Å²) in [6, 6.07) is 10.1. The first kappa shape index (κ1) is 40.8. The van der Waals surface area contributed by atoms with Crippen molar-refractivity contribution in [2.45, 2.75) is 110 Å². The first-order chi connectivity index (χ1) is 23.8. The number of nitrogens with two attached hydrogens (primary N) is 1. The third kappa shape index (κ3) is 10.7. The predicted octanol–water partition coefficient (Wildman–Crippen LogP) is 6.02. The molecule has 0 radical (unpaired) electrons. The number of ether oxygens (including phenoxy) is 2. The van der Waals surface area contributed by atoms with E-state index in [1.54, 1.807) is 62.8 Å². The number of hydrogen-bond acceptors (Lipinski definition) is 8. The number of benzene rings is 1. The number of pyridine rings is 1. The number of carbonyl (C=O) groups excluding carboxylic acids is 4. The van der Waals surface area contributed by atoms with E-state index in [0.29, 0.717) is 24.2 Å². The average molecular weight is 693 g/mol. The van der Waals surface area contributed by atoms with Crippen molar-refractivity contribution in [1.29, 1.82) is 0 Å². The van der Waals surface area contributed by atoms with E-state index in [1.807, 2.05) is 37.8 Å². The van der Waals surface area contributed by atoms with Gasteiger partial charge in [0.1, 0.15) is 5.78 Å². The summed E-state index contributed by atoms with van der Waals surface area (Å²) in [7, 11) is 4.97. The highest BCUT2D eigenvalue weighted by Crippen LogP contribution is 2.31. The molecule has 2 amide bonds. The number of carbonyl (C=O) groups is 4. The lowest BCUT2D eigenvalue weighted by Gasteiger charge is -2.40. The number of anilines is 1. The molecule has 7 atom stereocenters. The summed E-state index contributed by atoms with van der Waals surface area (Å²) < 4.78 is 12.0. The molecule has 0 unspecified atom stereocenters. The highest BCUT2D eigenvalue weighted by molar-refractivity contribution is 5.99. The molecule has 1 fully saturated rings. The molecule has 2 heterocycles. The number of ketones is 2. The minimum absolute atomic E-state index is 0.0215. The lowest BCUT2D eigenvalue weighted by molar-refractivity contribution is -0.148. The largest absolute Gasteiger partial charge is 0.399 e. The second-order valence-corrected chi connectivity index (χ2v) is 14.4. The van der Waals surface area contributed by atoms with Crippen molar-refractivity contribution < 1.29 is 28.7 Å². The number of aromatic nitrogens is 1. The maximum absolute atomic E-state index is 14.2. The van der Waals surface area contributed by atoms with Crippen LogP contribution in [-0.2, 0) is 30.3 Å². The maximum Gasteiger partial charge on any atom is 0.226 e. The van der Waals surface area contributed by atoms with Gasteiger partial charge in [0.15, 0.2) is 5.78 Å². The van der Waals surface area contributed by atoms with Crippen LogP contribution in [0, 0.1) is 23.7 Å². The minimum Gasteiger partial charge on any atom is -0.399 e. The molecular weight excluding hydrogens is 632 g/mol. The molecule has 0 bridgehead atoms. The highest BCUT2D eigenvalue weighted by Gasteiger charge is 2.42. The maximum atomic E-state index is 14.2. The number of nitrogens with zero attached hydrogens (tertiary/aromatic N) is 3. The Kier molecular flexibility index (Phi) is 16.1. The summed E-state index contributed by atoms with van der Waals surface area (Å²) in [6.45, 7) is 10.5. The van der Waals surface area contributed by atoms with Gasteiger partial charge < -0.3 is 25.0 Å². The number of methoxy groups -OCH3 is 2.